The summed E-state index contributed by atoms with van der Waals surface area (Å²) >= 11 is 0. The van der Waals surface area contributed by atoms with Crippen LogP contribution in [0.1, 0.15) is 62.8 Å². The van der Waals surface area contributed by atoms with Crippen molar-refractivity contribution in [1.82, 2.24) is 19.7 Å². The summed E-state index contributed by atoms with van der Waals surface area (Å²) in [5.74, 6) is 0.511. The third-order valence-electron chi connectivity index (χ3n) is 4.13. The Morgan fingerprint density at radius 1 is 1.15 bits per heavy atom. The summed E-state index contributed by atoms with van der Waals surface area (Å²) in [5.41, 5.74) is 1.79. The number of benzene rings is 1. The number of hydrogen-bond donors (Lipinski definition) is 1. The lowest BCUT2D eigenvalue weighted by Crippen LogP contribution is -2.13. The lowest BCUT2D eigenvalue weighted by atomic mass is 10.1. The molecule has 0 saturated heterocycles. The molecule has 3 rings (SSSR count). The van der Waals surface area contributed by atoms with Crippen LogP contribution < -0.4 is 5.56 Å². The summed E-state index contributed by atoms with van der Waals surface area (Å²) in [6.45, 7) is 9.54. The number of aromatic amines is 1. The molecule has 26 heavy (non-hydrogen) atoms. The predicted octanol–water partition coefficient (Wildman–Crippen LogP) is 4.56. The summed E-state index contributed by atoms with van der Waals surface area (Å²) in [5, 5.41) is 5.01. The molecule has 0 aliphatic heterocycles. The SMILES string of the molecule is CC.CCc1nn(C(C)c2ccc(C(F)F)cc2)c2nc(C)[nH]c(=O)c12. The van der Waals surface area contributed by atoms with Crippen molar-refractivity contribution in [2.24, 2.45) is 0 Å². The number of fused-ring (bicyclic) bond motifs is 1. The fraction of sp³-hybridized carbons (Fsp3) is 0.421. The van der Waals surface area contributed by atoms with Gasteiger partial charge >= 0.3 is 0 Å². The smallest absolute Gasteiger partial charge is 0.263 e. The Morgan fingerprint density at radius 3 is 2.27 bits per heavy atom. The largest absolute Gasteiger partial charge is 0.310 e. The van der Waals surface area contributed by atoms with Gasteiger partial charge in [-0.2, -0.15) is 5.10 Å². The Balaban J connectivity index is 0.00000117. The summed E-state index contributed by atoms with van der Waals surface area (Å²) in [4.78, 5) is 19.4. The van der Waals surface area contributed by atoms with Gasteiger partial charge in [-0.25, -0.2) is 18.4 Å². The zero-order valence-corrected chi connectivity index (χ0v) is 15.7. The van der Waals surface area contributed by atoms with Crippen molar-refractivity contribution in [3.8, 4) is 0 Å². The second-order valence-corrected chi connectivity index (χ2v) is 5.74. The monoisotopic (exact) mass is 362 g/mol. The molecule has 1 N–H and O–H groups in total. The van der Waals surface area contributed by atoms with Gasteiger partial charge in [-0.3, -0.25) is 4.79 Å². The van der Waals surface area contributed by atoms with E-state index in [2.05, 4.69) is 15.1 Å². The van der Waals surface area contributed by atoms with Gasteiger partial charge in [-0.1, -0.05) is 45.0 Å². The van der Waals surface area contributed by atoms with Crippen molar-refractivity contribution >= 4 is 11.0 Å². The summed E-state index contributed by atoms with van der Waals surface area (Å²) in [6.07, 6.45) is -1.89. The number of rotatable bonds is 4. The van der Waals surface area contributed by atoms with E-state index in [-0.39, 0.29) is 17.2 Å². The maximum Gasteiger partial charge on any atom is 0.263 e. The topological polar surface area (TPSA) is 63.6 Å². The highest BCUT2D eigenvalue weighted by atomic mass is 19.3. The first-order chi connectivity index (χ1) is 12.4. The molecule has 0 aliphatic rings. The average molecular weight is 362 g/mol. The van der Waals surface area contributed by atoms with Crippen LogP contribution in [-0.2, 0) is 6.42 Å². The molecular formula is C19H24F2N4O. The summed E-state index contributed by atoms with van der Waals surface area (Å²) < 4.78 is 27.1. The van der Waals surface area contributed by atoms with E-state index in [0.717, 1.165) is 5.56 Å². The molecule has 7 heteroatoms. The van der Waals surface area contributed by atoms with Gasteiger partial charge in [0.05, 0.1) is 11.7 Å². The lowest BCUT2D eigenvalue weighted by molar-refractivity contribution is 0.151. The van der Waals surface area contributed by atoms with E-state index in [4.69, 9.17) is 0 Å². The van der Waals surface area contributed by atoms with Crippen LogP contribution in [0.5, 0.6) is 0 Å². The number of H-pyrrole nitrogens is 1. The van der Waals surface area contributed by atoms with Gasteiger partial charge in [0.25, 0.3) is 12.0 Å². The number of nitrogens with zero attached hydrogens (tertiary/aromatic N) is 3. The van der Waals surface area contributed by atoms with E-state index in [9.17, 15) is 13.6 Å². The minimum Gasteiger partial charge on any atom is -0.310 e. The molecule has 3 aromatic rings. The van der Waals surface area contributed by atoms with Crippen LogP contribution in [0.15, 0.2) is 29.1 Å². The molecule has 1 atom stereocenters. The Hall–Kier alpha value is -2.57. The molecule has 140 valence electrons. The fourth-order valence-electron chi connectivity index (χ4n) is 2.80. The Labute approximate surface area is 151 Å². The molecule has 2 aromatic heterocycles. The minimum atomic E-state index is -2.49. The molecule has 0 saturated carbocycles. The second-order valence-electron chi connectivity index (χ2n) is 5.74. The number of aromatic nitrogens is 4. The van der Waals surface area contributed by atoms with Crippen LogP contribution in [0.2, 0.25) is 0 Å². The van der Waals surface area contributed by atoms with Crippen molar-refractivity contribution in [1.29, 1.82) is 0 Å². The van der Waals surface area contributed by atoms with Crippen molar-refractivity contribution in [2.45, 2.75) is 53.5 Å². The van der Waals surface area contributed by atoms with Crippen LogP contribution in [0.4, 0.5) is 8.78 Å². The van der Waals surface area contributed by atoms with Crippen LogP contribution >= 0.6 is 0 Å². The first kappa shape index (κ1) is 19.8. The fourth-order valence-corrected chi connectivity index (χ4v) is 2.80. The molecule has 0 radical (unpaired) electrons. The molecule has 0 fully saturated rings. The molecule has 0 spiro atoms. The molecule has 0 bridgehead atoms. The molecule has 1 unspecified atom stereocenters. The molecule has 0 aliphatic carbocycles. The standard InChI is InChI=1S/C17H18F2N4O.C2H6/c1-4-13-14-16(20-10(3)21-17(14)24)23(22-13)9(2)11-5-7-12(8-6-11)15(18)19;1-2/h5-9,15H,4H2,1-3H3,(H,20,21,24);1-2H3. The zero-order valence-electron chi connectivity index (χ0n) is 15.7. The zero-order chi connectivity index (χ0) is 19.4. The quantitative estimate of drug-likeness (QED) is 0.740. The Kier molecular flexibility index (Phi) is 6.23. The van der Waals surface area contributed by atoms with E-state index in [1.807, 2.05) is 27.7 Å². The van der Waals surface area contributed by atoms with Crippen molar-refractivity contribution < 1.29 is 8.78 Å². The number of aryl methyl sites for hydroxylation is 2. The molecule has 0 amide bonds. The number of hydrogen-bond acceptors (Lipinski definition) is 3. The normalized spacial score (nSPS) is 12.2. The van der Waals surface area contributed by atoms with Gasteiger partial charge in [-0.15, -0.1) is 0 Å². The van der Waals surface area contributed by atoms with E-state index in [1.165, 1.54) is 12.1 Å². The van der Waals surface area contributed by atoms with Crippen molar-refractivity contribution in [3.63, 3.8) is 0 Å². The molecule has 2 heterocycles. The lowest BCUT2D eigenvalue weighted by Gasteiger charge is -2.14. The van der Waals surface area contributed by atoms with Crippen LogP contribution in [0, 0.1) is 6.92 Å². The highest BCUT2D eigenvalue weighted by Crippen LogP contribution is 2.25. The molecule has 5 nitrogen and oxygen atoms in total. The highest BCUT2D eigenvalue weighted by molar-refractivity contribution is 5.77. The van der Waals surface area contributed by atoms with Crippen LogP contribution in [0.3, 0.4) is 0 Å². The van der Waals surface area contributed by atoms with Gasteiger partial charge in [0.1, 0.15) is 11.2 Å². The average Bonchev–Trinajstić information content (AvgIpc) is 3.01. The van der Waals surface area contributed by atoms with Gasteiger partial charge in [0.2, 0.25) is 0 Å². The maximum absolute atomic E-state index is 12.7. The predicted molar refractivity (Wildman–Crippen MR) is 98.8 cm³/mol. The first-order valence-electron chi connectivity index (χ1n) is 8.78. The molecular weight excluding hydrogens is 338 g/mol. The minimum absolute atomic E-state index is 0.0177. The van der Waals surface area contributed by atoms with E-state index < -0.39 is 6.43 Å². The van der Waals surface area contributed by atoms with Crippen LogP contribution in [0.25, 0.3) is 11.0 Å². The summed E-state index contributed by atoms with van der Waals surface area (Å²) in [7, 11) is 0. The van der Waals surface area contributed by atoms with Gasteiger partial charge in [0.15, 0.2) is 5.65 Å². The van der Waals surface area contributed by atoms with E-state index in [0.29, 0.717) is 29.0 Å². The maximum atomic E-state index is 12.7. The summed E-state index contributed by atoms with van der Waals surface area (Å²) in [6, 6.07) is 5.91. The number of nitrogens with one attached hydrogen (secondary N) is 1. The van der Waals surface area contributed by atoms with Crippen LogP contribution in [-0.4, -0.2) is 19.7 Å². The van der Waals surface area contributed by atoms with Gasteiger partial charge in [0, 0.05) is 5.56 Å². The third-order valence-corrected chi connectivity index (χ3v) is 4.13. The second kappa shape index (κ2) is 8.21. The van der Waals surface area contributed by atoms with Crippen molar-refractivity contribution in [2.75, 3.05) is 0 Å². The van der Waals surface area contributed by atoms with Gasteiger partial charge < -0.3 is 4.98 Å². The highest BCUT2D eigenvalue weighted by Gasteiger charge is 2.19. The van der Waals surface area contributed by atoms with E-state index >= 15 is 0 Å². The third kappa shape index (κ3) is 3.66. The first-order valence-corrected chi connectivity index (χ1v) is 8.78. The Morgan fingerprint density at radius 2 is 1.73 bits per heavy atom. The Bertz CT molecular complexity index is 929. The van der Waals surface area contributed by atoms with E-state index in [1.54, 1.807) is 23.7 Å². The van der Waals surface area contributed by atoms with Crippen molar-refractivity contribution in [3.05, 3.63) is 57.3 Å². The molecule has 1 aromatic carbocycles. The number of halogens is 2. The number of alkyl halides is 2. The van der Waals surface area contributed by atoms with Gasteiger partial charge in [-0.05, 0) is 25.8 Å².